The smallest absolute Gasteiger partial charge is 0.177 e. The largest absolute Gasteiger partial charge is 0.316 e. The van der Waals surface area contributed by atoms with Crippen LogP contribution in [0.1, 0.15) is 22.4 Å². The zero-order valence-corrected chi connectivity index (χ0v) is 18.2. The van der Waals surface area contributed by atoms with Crippen molar-refractivity contribution in [1.29, 1.82) is 0 Å². The van der Waals surface area contributed by atoms with Gasteiger partial charge in [0, 0.05) is 29.6 Å². The van der Waals surface area contributed by atoms with Crippen LogP contribution in [0.3, 0.4) is 0 Å². The van der Waals surface area contributed by atoms with Crippen LogP contribution >= 0.6 is 12.2 Å². The number of aromatic nitrogens is 4. The van der Waals surface area contributed by atoms with Gasteiger partial charge in [0.25, 0.3) is 0 Å². The average Bonchev–Trinajstić information content (AvgIpc) is 3.31. The molecule has 158 valence electrons. The third-order valence-electron chi connectivity index (χ3n) is 4.98. The summed E-state index contributed by atoms with van der Waals surface area (Å²) in [4.78, 5) is 0. The van der Waals surface area contributed by atoms with Crippen molar-refractivity contribution in [2.24, 2.45) is 0 Å². The van der Waals surface area contributed by atoms with E-state index in [4.69, 9.17) is 12.2 Å². The zero-order valence-electron chi connectivity index (χ0n) is 17.3. The van der Waals surface area contributed by atoms with Crippen molar-refractivity contribution in [3.8, 4) is 0 Å². The summed E-state index contributed by atoms with van der Waals surface area (Å²) in [5, 5.41) is 15.5. The van der Waals surface area contributed by atoms with Gasteiger partial charge in [-0.25, -0.2) is 4.39 Å². The molecule has 0 radical (unpaired) electrons. The Hall–Kier alpha value is -3.52. The third-order valence-corrected chi connectivity index (χ3v) is 5.18. The fraction of sp³-hybridized carbons (Fsp3) is 0.174. The molecular weight excluding hydrogens is 411 g/mol. The van der Waals surface area contributed by atoms with Crippen molar-refractivity contribution in [2.45, 2.75) is 26.9 Å². The molecule has 6 nitrogen and oxygen atoms in total. The van der Waals surface area contributed by atoms with Crippen LogP contribution in [0.15, 0.2) is 66.9 Å². The van der Waals surface area contributed by atoms with Crippen LogP contribution in [0.2, 0.25) is 0 Å². The van der Waals surface area contributed by atoms with E-state index < -0.39 is 0 Å². The van der Waals surface area contributed by atoms with Crippen LogP contribution in [-0.4, -0.2) is 24.7 Å². The number of hydrogen-bond donors (Lipinski definition) is 2. The fourth-order valence-electron chi connectivity index (χ4n) is 3.26. The Morgan fingerprint density at radius 1 is 0.903 bits per heavy atom. The van der Waals surface area contributed by atoms with Gasteiger partial charge in [0.2, 0.25) is 0 Å². The Labute approximate surface area is 185 Å². The molecule has 0 aliphatic carbocycles. The maximum Gasteiger partial charge on any atom is 0.177 e. The van der Waals surface area contributed by atoms with Crippen molar-refractivity contribution in [2.75, 3.05) is 10.6 Å². The van der Waals surface area contributed by atoms with Gasteiger partial charge in [-0.2, -0.15) is 10.2 Å². The summed E-state index contributed by atoms with van der Waals surface area (Å²) >= 11 is 5.40. The Bertz CT molecular complexity index is 1210. The van der Waals surface area contributed by atoms with E-state index in [1.165, 1.54) is 17.2 Å². The highest BCUT2D eigenvalue weighted by molar-refractivity contribution is 7.80. The summed E-state index contributed by atoms with van der Waals surface area (Å²) in [6.45, 7) is 5.05. The quantitative estimate of drug-likeness (QED) is 0.429. The molecular formula is C23H23FN6S. The van der Waals surface area contributed by atoms with Crippen molar-refractivity contribution >= 4 is 29.0 Å². The fourth-order valence-corrected chi connectivity index (χ4v) is 3.47. The molecule has 2 heterocycles. The Morgan fingerprint density at radius 3 is 2.39 bits per heavy atom. The van der Waals surface area contributed by atoms with Gasteiger partial charge in [-0.3, -0.25) is 9.36 Å². The van der Waals surface area contributed by atoms with Crippen molar-refractivity contribution < 1.29 is 4.39 Å². The molecule has 2 aromatic heterocycles. The predicted molar refractivity (Wildman–Crippen MR) is 125 cm³/mol. The number of hydrogen-bond acceptors (Lipinski definition) is 3. The molecule has 0 atom stereocenters. The lowest BCUT2D eigenvalue weighted by molar-refractivity contribution is 0.581. The first-order valence-electron chi connectivity index (χ1n) is 9.92. The van der Waals surface area contributed by atoms with Gasteiger partial charge in [0.15, 0.2) is 16.7 Å². The first kappa shape index (κ1) is 20.7. The molecule has 0 saturated carbocycles. The third kappa shape index (κ3) is 5.16. The van der Waals surface area contributed by atoms with Crippen molar-refractivity contribution in [3.63, 3.8) is 0 Å². The summed E-state index contributed by atoms with van der Waals surface area (Å²) < 4.78 is 17.5. The van der Waals surface area contributed by atoms with E-state index >= 15 is 0 Å². The Kier molecular flexibility index (Phi) is 6.08. The van der Waals surface area contributed by atoms with E-state index in [1.807, 2.05) is 48.1 Å². The van der Waals surface area contributed by atoms with Gasteiger partial charge in [0.1, 0.15) is 5.82 Å². The number of thiocarbonyl (C=S) groups is 1. The minimum absolute atomic E-state index is 0.245. The molecule has 2 N–H and O–H groups in total. The first-order chi connectivity index (χ1) is 15.0. The lowest BCUT2D eigenvalue weighted by Gasteiger charge is -2.07. The number of halogens is 1. The Balaban J connectivity index is 1.37. The molecule has 4 aromatic rings. The second kappa shape index (κ2) is 9.09. The lowest BCUT2D eigenvalue weighted by Crippen LogP contribution is -2.20. The highest BCUT2D eigenvalue weighted by atomic mass is 32.1. The monoisotopic (exact) mass is 434 g/mol. The van der Waals surface area contributed by atoms with Crippen molar-refractivity contribution in [3.05, 3.63) is 95.1 Å². The summed E-state index contributed by atoms with van der Waals surface area (Å²) in [5.41, 5.74) is 3.93. The molecule has 0 unspecified atom stereocenters. The van der Waals surface area contributed by atoms with Crippen LogP contribution in [-0.2, 0) is 13.1 Å². The number of nitrogens with one attached hydrogen (secondary N) is 2. The number of benzene rings is 2. The van der Waals surface area contributed by atoms with E-state index in [9.17, 15) is 4.39 Å². The van der Waals surface area contributed by atoms with Crippen LogP contribution < -0.4 is 10.6 Å². The van der Waals surface area contributed by atoms with Gasteiger partial charge >= 0.3 is 0 Å². The second-order valence-corrected chi connectivity index (χ2v) is 7.73. The van der Waals surface area contributed by atoms with Gasteiger partial charge in [-0.15, -0.1) is 0 Å². The Morgan fingerprint density at radius 2 is 1.61 bits per heavy atom. The highest BCUT2D eigenvalue weighted by Gasteiger charge is 2.10. The van der Waals surface area contributed by atoms with Crippen LogP contribution in [0.5, 0.6) is 0 Å². The van der Waals surface area contributed by atoms with Gasteiger partial charge < -0.3 is 10.6 Å². The first-order valence-corrected chi connectivity index (χ1v) is 10.3. The maximum absolute atomic E-state index is 13.9. The minimum Gasteiger partial charge on any atom is -0.316 e. The number of rotatable bonds is 6. The molecule has 0 aliphatic heterocycles. The molecule has 0 bridgehead atoms. The molecule has 31 heavy (non-hydrogen) atoms. The second-order valence-electron chi connectivity index (χ2n) is 7.32. The highest BCUT2D eigenvalue weighted by Crippen LogP contribution is 2.15. The van der Waals surface area contributed by atoms with E-state index in [-0.39, 0.29) is 5.82 Å². The number of anilines is 2. The van der Waals surface area contributed by atoms with Gasteiger partial charge in [0.05, 0.1) is 13.1 Å². The standard InChI is InChI=1S/C23H23FN6S/c1-16-7-3-4-8-18(16)14-29-12-11-21(27-29)25-23(31)26-22-13-17(2)30(28-22)15-19-9-5-6-10-20(19)24/h3-13H,14-15H2,1-2H3,(H2,25,26,27,28,31). The molecule has 2 aromatic carbocycles. The predicted octanol–water partition coefficient (Wildman–Crippen LogP) is 4.74. The normalized spacial score (nSPS) is 10.8. The molecule has 0 spiro atoms. The van der Waals surface area contributed by atoms with E-state index in [1.54, 1.807) is 16.8 Å². The zero-order chi connectivity index (χ0) is 21.8. The average molecular weight is 435 g/mol. The van der Waals surface area contributed by atoms with Gasteiger partial charge in [-0.05, 0) is 43.3 Å². The van der Waals surface area contributed by atoms with Crippen LogP contribution in [0, 0.1) is 19.7 Å². The minimum atomic E-state index is -0.245. The maximum atomic E-state index is 13.9. The van der Waals surface area contributed by atoms with E-state index in [0.29, 0.717) is 35.4 Å². The summed E-state index contributed by atoms with van der Waals surface area (Å²) in [6, 6.07) is 18.7. The molecule has 0 amide bonds. The number of aryl methyl sites for hydroxylation is 2. The topological polar surface area (TPSA) is 59.7 Å². The SMILES string of the molecule is Cc1ccccc1Cn1ccc(NC(=S)Nc2cc(C)n(Cc3ccccc3F)n2)n1. The number of nitrogens with zero attached hydrogens (tertiary/aromatic N) is 4. The molecule has 0 saturated heterocycles. The van der Waals surface area contributed by atoms with Crippen LogP contribution in [0.25, 0.3) is 0 Å². The van der Waals surface area contributed by atoms with Crippen LogP contribution in [0.4, 0.5) is 16.0 Å². The lowest BCUT2D eigenvalue weighted by atomic mass is 10.1. The summed E-state index contributed by atoms with van der Waals surface area (Å²) in [7, 11) is 0. The molecule has 8 heteroatoms. The van der Waals surface area contributed by atoms with E-state index in [2.05, 4.69) is 39.9 Å². The summed E-state index contributed by atoms with van der Waals surface area (Å²) in [6.07, 6.45) is 1.91. The van der Waals surface area contributed by atoms with Crippen molar-refractivity contribution in [1.82, 2.24) is 19.6 Å². The van der Waals surface area contributed by atoms with E-state index in [0.717, 1.165) is 5.69 Å². The molecule has 0 fully saturated rings. The molecule has 0 aliphatic rings. The summed E-state index contributed by atoms with van der Waals surface area (Å²) in [5.74, 6) is 0.990. The molecule has 4 rings (SSSR count). The van der Waals surface area contributed by atoms with Gasteiger partial charge in [-0.1, -0.05) is 42.5 Å².